The van der Waals surface area contributed by atoms with Gasteiger partial charge in [0.1, 0.15) is 6.61 Å². The van der Waals surface area contributed by atoms with E-state index in [1.807, 2.05) is 7.05 Å². The molecule has 2 aliphatic rings. The lowest BCUT2D eigenvalue weighted by atomic mass is 10.0. The van der Waals surface area contributed by atoms with Gasteiger partial charge in [0.05, 0.1) is 19.8 Å². The van der Waals surface area contributed by atoms with Crippen molar-refractivity contribution >= 4 is 5.78 Å². The third-order valence-electron chi connectivity index (χ3n) is 2.53. The van der Waals surface area contributed by atoms with Crippen LogP contribution in [0.25, 0.3) is 0 Å². The van der Waals surface area contributed by atoms with Crippen LogP contribution in [0.15, 0.2) is 0 Å². The lowest BCUT2D eigenvalue weighted by molar-refractivity contribution is -0.121. The molecule has 2 fully saturated rings. The highest BCUT2D eigenvalue weighted by Crippen LogP contribution is 2.15. The van der Waals surface area contributed by atoms with Crippen molar-refractivity contribution in [2.75, 3.05) is 40.0 Å². The molecule has 0 bridgehead atoms. The highest BCUT2D eigenvalue weighted by molar-refractivity contribution is 5.76. The van der Waals surface area contributed by atoms with E-state index in [9.17, 15) is 4.79 Å². The number of ketones is 1. The molecule has 2 rings (SSSR count). The van der Waals surface area contributed by atoms with Gasteiger partial charge in [-0.25, -0.2) is 0 Å². The Labute approximate surface area is 118 Å². The lowest BCUT2D eigenvalue weighted by Crippen LogP contribution is -2.16. The summed E-state index contributed by atoms with van der Waals surface area (Å²) in [5, 5.41) is 2.96. The van der Waals surface area contributed by atoms with Gasteiger partial charge in [0, 0.05) is 6.54 Å². The van der Waals surface area contributed by atoms with Crippen molar-refractivity contribution in [3.05, 3.63) is 0 Å². The quantitative estimate of drug-likeness (QED) is 0.690. The molecule has 0 aromatic rings. The minimum absolute atomic E-state index is 0.0465. The number of Topliss-reactive ketones (excluding diaryl/α,β-unsaturated/α-hetero) is 1. The lowest BCUT2D eigenvalue weighted by Gasteiger charge is -2.05. The SMILES string of the molecule is C1CC1.C1CCC1.CNCCOCCOCC(C)=O. The summed E-state index contributed by atoms with van der Waals surface area (Å²) in [4.78, 5) is 10.4. The number of carbonyl (C=O) groups excluding carboxylic acids is 1. The number of nitrogens with one attached hydrogen (secondary N) is 1. The first-order valence-corrected chi connectivity index (χ1v) is 7.57. The second kappa shape index (κ2) is 15.6. The fourth-order valence-electron chi connectivity index (χ4n) is 0.860. The Hall–Kier alpha value is -0.450. The molecule has 0 atom stereocenters. The first-order valence-electron chi connectivity index (χ1n) is 7.57. The van der Waals surface area contributed by atoms with Gasteiger partial charge in [-0.05, 0) is 14.0 Å². The van der Waals surface area contributed by atoms with Crippen LogP contribution >= 0.6 is 0 Å². The molecule has 2 saturated carbocycles. The van der Waals surface area contributed by atoms with Crippen LogP contribution in [0.4, 0.5) is 0 Å². The third-order valence-corrected chi connectivity index (χ3v) is 2.53. The number of hydrogen-bond acceptors (Lipinski definition) is 4. The van der Waals surface area contributed by atoms with Gasteiger partial charge in [0.15, 0.2) is 5.78 Å². The van der Waals surface area contributed by atoms with E-state index in [0.29, 0.717) is 19.8 Å². The van der Waals surface area contributed by atoms with Crippen LogP contribution in [0.3, 0.4) is 0 Å². The molecule has 0 aromatic heterocycles. The molecule has 0 unspecified atom stereocenters. The van der Waals surface area contributed by atoms with Crippen LogP contribution < -0.4 is 5.32 Å². The standard InChI is InChI=1S/C8H17NO3.C4H8.C3H6/c1-8(10)7-12-6-5-11-4-3-9-2;1-2-4-3-1;1-2-3-1/h9H,3-7H2,1-2H3;1-4H2;1-3H2. The summed E-state index contributed by atoms with van der Waals surface area (Å²) in [7, 11) is 1.87. The Morgan fingerprint density at radius 2 is 1.37 bits per heavy atom. The summed E-state index contributed by atoms with van der Waals surface area (Å²) >= 11 is 0. The molecule has 114 valence electrons. The van der Waals surface area contributed by atoms with Crippen LogP contribution in [0.1, 0.15) is 51.9 Å². The van der Waals surface area contributed by atoms with Crippen molar-refractivity contribution in [3.63, 3.8) is 0 Å². The summed E-state index contributed by atoms with van der Waals surface area (Å²) < 4.78 is 10.1. The van der Waals surface area contributed by atoms with Gasteiger partial charge >= 0.3 is 0 Å². The Morgan fingerprint density at radius 3 is 1.74 bits per heavy atom. The molecule has 0 heterocycles. The maximum atomic E-state index is 10.4. The molecule has 1 N–H and O–H groups in total. The van der Waals surface area contributed by atoms with Crippen LogP contribution in [0.2, 0.25) is 0 Å². The molecule has 0 aromatic carbocycles. The number of ether oxygens (including phenoxy) is 2. The molecule has 4 nitrogen and oxygen atoms in total. The van der Waals surface area contributed by atoms with Crippen LogP contribution in [0.5, 0.6) is 0 Å². The van der Waals surface area contributed by atoms with E-state index in [2.05, 4.69) is 5.32 Å². The molecule has 2 aliphatic carbocycles. The molecule has 0 aliphatic heterocycles. The molecule has 0 radical (unpaired) electrons. The number of hydrogen-bond donors (Lipinski definition) is 1. The monoisotopic (exact) mass is 273 g/mol. The van der Waals surface area contributed by atoms with Gasteiger partial charge < -0.3 is 14.8 Å². The predicted molar refractivity (Wildman–Crippen MR) is 78.6 cm³/mol. The third kappa shape index (κ3) is 23.1. The molecule has 4 heteroatoms. The maximum Gasteiger partial charge on any atom is 0.155 e. The van der Waals surface area contributed by atoms with Gasteiger partial charge in [-0.15, -0.1) is 0 Å². The van der Waals surface area contributed by atoms with Gasteiger partial charge in [-0.2, -0.15) is 0 Å². The van der Waals surface area contributed by atoms with E-state index in [-0.39, 0.29) is 12.4 Å². The minimum atomic E-state index is 0.0465. The second-order valence-corrected chi connectivity index (χ2v) is 4.95. The van der Waals surface area contributed by atoms with Crippen LogP contribution in [0, 0.1) is 0 Å². The molecular formula is C15H31NO3. The molecule has 0 spiro atoms. The smallest absolute Gasteiger partial charge is 0.155 e. The maximum absolute atomic E-state index is 10.4. The molecule has 0 amide bonds. The molecular weight excluding hydrogens is 242 g/mol. The van der Waals surface area contributed by atoms with E-state index in [1.54, 1.807) is 0 Å². The number of likely N-dealkylation sites (N-methyl/N-ethyl adjacent to an activating group) is 1. The van der Waals surface area contributed by atoms with Crippen LogP contribution in [-0.2, 0) is 14.3 Å². The fraction of sp³-hybridized carbons (Fsp3) is 0.933. The van der Waals surface area contributed by atoms with Crippen molar-refractivity contribution in [2.45, 2.75) is 51.9 Å². The first kappa shape index (κ1) is 18.6. The second-order valence-electron chi connectivity index (χ2n) is 4.95. The summed E-state index contributed by atoms with van der Waals surface area (Å²) in [6.45, 7) is 4.25. The van der Waals surface area contributed by atoms with Crippen molar-refractivity contribution in [1.29, 1.82) is 0 Å². The van der Waals surface area contributed by atoms with E-state index in [1.165, 1.54) is 51.9 Å². The van der Waals surface area contributed by atoms with E-state index < -0.39 is 0 Å². The zero-order valence-corrected chi connectivity index (χ0v) is 12.7. The minimum Gasteiger partial charge on any atom is -0.378 e. The Morgan fingerprint density at radius 1 is 0.895 bits per heavy atom. The normalized spacial score (nSPS) is 15.3. The summed E-state index contributed by atoms with van der Waals surface area (Å²) in [5.74, 6) is 0.0465. The molecule has 19 heavy (non-hydrogen) atoms. The Balaban J connectivity index is 0.000000365. The average molecular weight is 273 g/mol. The summed E-state index contributed by atoms with van der Waals surface area (Å²) in [6.07, 6.45) is 10.5. The number of rotatable bonds is 8. The molecule has 0 saturated heterocycles. The zero-order chi connectivity index (χ0) is 14.2. The predicted octanol–water partition coefficient (Wildman–Crippen LogP) is 2.56. The highest BCUT2D eigenvalue weighted by atomic mass is 16.5. The first-order chi connectivity index (χ1) is 9.27. The van der Waals surface area contributed by atoms with Crippen molar-refractivity contribution in [3.8, 4) is 0 Å². The van der Waals surface area contributed by atoms with Gasteiger partial charge in [0.2, 0.25) is 0 Å². The topological polar surface area (TPSA) is 47.6 Å². The fourth-order valence-corrected chi connectivity index (χ4v) is 0.860. The van der Waals surface area contributed by atoms with Gasteiger partial charge in [-0.3, -0.25) is 4.79 Å². The van der Waals surface area contributed by atoms with Crippen molar-refractivity contribution in [2.24, 2.45) is 0 Å². The Kier molecular flexibility index (Phi) is 15.2. The zero-order valence-electron chi connectivity index (χ0n) is 12.7. The largest absolute Gasteiger partial charge is 0.378 e. The van der Waals surface area contributed by atoms with Crippen molar-refractivity contribution in [1.82, 2.24) is 5.32 Å². The summed E-state index contributed by atoms with van der Waals surface area (Å²) in [6, 6.07) is 0. The average Bonchev–Trinajstić information content (AvgIpc) is 3.12. The highest BCUT2D eigenvalue weighted by Gasteiger charge is 1.95. The van der Waals surface area contributed by atoms with E-state index in [4.69, 9.17) is 9.47 Å². The summed E-state index contributed by atoms with van der Waals surface area (Å²) in [5.41, 5.74) is 0. The van der Waals surface area contributed by atoms with Gasteiger partial charge in [-0.1, -0.05) is 44.9 Å². The van der Waals surface area contributed by atoms with E-state index in [0.717, 1.165) is 6.54 Å². The van der Waals surface area contributed by atoms with Crippen molar-refractivity contribution < 1.29 is 14.3 Å². The van der Waals surface area contributed by atoms with Gasteiger partial charge in [0.25, 0.3) is 0 Å². The number of carbonyl (C=O) groups is 1. The van der Waals surface area contributed by atoms with E-state index >= 15 is 0 Å². The van der Waals surface area contributed by atoms with Crippen LogP contribution in [-0.4, -0.2) is 45.8 Å². The Bertz CT molecular complexity index is 185.